The summed E-state index contributed by atoms with van der Waals surface area (Å²) in [5.74, 6) is 0.658. The van der Waals surface area contributed by atoms with Gasteiger partial charge in [-0.2, -0.15) is 0 Å². The Kier molecular flexibility index (Phi) is 7.48. The number of para-hydroxylation sites is 3. The summed E-state index contributed by atoms with van der Waals surface area (Å²) >= 11 is 0. The molecular formula is C53H38N4. The lowest BCUT2D eigenvalue weighted by atomic mass is 9.82. The van der Waals surface area contributed by atoms with Gasteiger partial charge in [-0.15, -0.1) is 0 Å². The van der Waals surface area contributed by atoms with E-state index < -0.39 is 0 Å². The molecule has 0 aliphatic heterocycles. The predicted molar refractivity (Wildman–Crippen MR) is 237 cm³/mol. The minimum absolute atomic E-state index is 0.0870. The smallest absolute Gasteiger partial charge is 0.235 e. The summed E-state index contributed by atoms with van der Waals surface area (Å²) in [7, 11) is 0. The Labute approximate surface area is 332 Å². The number of aromatic nitrogens is 3. The number of nitrogens with zero attached hydrogens (tertiary/aromatic N) is 4. The minimum atomic E-state index is -0.0870. The molecule has 57 heavy (non-hydrogen) atoms. The summed E-state index contributed by atoms with van der Waals surface area (Å²) in [6.45, 7) is 4.68. The molecule has 0 atom stereocenters. The summed E-state index contributed by atoms with van der Waals surface area (Å²) in [5.41, 5.74) is 16.0. The van der Waals surface area contributed by atoms with E-state index in [1.165, 1.54) is 33.0 Å². The predicted octanol–water partition coefficient (Wildman–Crippen LogP) is 13.8. The van der Waals surface area contributed by atoms with Gasteiger partial charge in [0.25, 0.3) is 0 Å². The number of hydrogen-bond donors (Lipinski definition) is 0. The topological polar surface area (TPSA) is 34.0 Å². The molecule has 2 aromatic heterocycles. The number of anilines is 3. The van der Waals surface area contributed by atoms with E-state index in [4.69, 9.17) is 9.97 Å². The van der Waals surface area contributed by atoms with Crippen LogP contribution in [-0.4, -0.2) is 14.5 Å². The fourth-order valence-electron chi connectivity index (χ4n) is 9.00. The van der Waals surface area contributed by atoms with Gasteiger partial charge in [-0.25, -0.2) is 9.97 Å². The zero-order chi connectivity index (χ0) is 38.1. The molecular weight excluding hydrogens is 693 g/mol. The first-order valence-electron chi connectivity index (χ1n) is 19.6. The van der Waals surface area contributed by atoms with Crippen LogP contribution in [0.15, 0.2) is 194 Å². The van der Waals surface area contributed by atoms with Crippen LogP contribution in [0.5, 0.6) is 0 Å². The fraction of sp³-hybridized carbons (Fsp3) is 0.0566. The first-order chi connectivity index (χ1) is 28.0. The molecule has 4 nitrogen and oxygen atoms in total. The van der Waals surface area contributed by atoms with Gasteiger partial charge in [0.15, 0.2) is 0 Å². The molecule has 8 aromatic carbocycles. The Morgan fingerprint density at radius 3 is 1.86 bits per heavy atom. The van der Waals surface area contributed by atoms with Crippen LogP contribution in [0.1, 0.15) is 25.0 Å². The molecule has 0 bridgehead atoms. The lowest BCUT2D eigenvalue weighted by Gasteiger charge is -2.28. The van der Waals surface area contributed by atoms with Crippen molar-refractivity contribution in [2.24, 2.45) is 0 Å². The Balaban J connectivity index is 1.03. The maximum atomic E-state index is 5.29. The minimum Gasteiger partial charge on any atom is -0.310 e. The number of benzene rings is 8. The zero-order valence-electron chi connectivity index (χ0n) is 31.8. The van der Waals surface area contributed by atoms with Crippen molar-refractivity contribution >= 4 is 49.8 Å². The largest absolute Gasteiger partial charge is 0.310 e. The van der Waals surface area contributed by atoms with Crippen molar-refractivity contribution in [2.75, 3.05) is 4.90 Å². The van der Waals surface area contributed by atoms with E-state index in [1.807, 2.05) is 12.1 Å². The molecule has 0 fully saturated rings. The molecule has 0 radical (unpaired) electrons. The van der Waals surface area contributed by atoms with Crippen molar-refractivity contribution in [2.45, 2.75) is 19.3 Å². The van der Waals surface area contributed by atoms with E-state index in [-0.39, 0.29) is 5.41 Å². The van der Waals surface area contributed by atoms with Crippen molar-refractivity contribution in [3.8, 4) is 39.5 Å². The van der Waals surface area contributed by atoms with Crippen LogP contribution in [0.2, 0.25) is 0 Å². The molecule has 2 heterocycles. The van der Waals surface area contributed by atoms with E-state index in [2.05, 4.69) is 205 Å². The SMILES string of the molecule is CC1(C)c2ccccc2-c2ccc(N(c3ccccc3)c3ccc(-c4ccc5c6ccccc6n(-c6nc(-c7ccccc7)c7ccccc7n6)c5c4)cc3)cc21. The lowest BCUT2D eigenvalue weighted by molar-refractivity contribution is 0.660. The van der Waals surface area contributed by atoms with Gasteiger partial charge in [-0.05, 0) is 88.0 Å². The summed E-state index contributed by atoms with van der Waals surface area (Å²) in [6, 6.07) is 69.5. The second-order valence-corrected chi connectivity index (χ2v) is 15.5. The van der Waals surface area contributed by atoms with E-state index in [9.17, 15) is 0 Å². The number of hydrogen-bond acceptors (Lipinski definition) is 3. The Morgan fingerprint density at radius 1 is 0.421 bits per heavy atom. The van der Waals surface area contributed by atoms with Gasteiger partial charge in [-0.3, -0.25) is 4.57 Å². The molecule has 10 aromatic rings. The molecule has 0 saturated heterocycles. The van der Waals surface area contributed by atoms with Crippen molar-refractivity contribution in [1.82, 2.24) is 14.5 Å². The lowest BCUT2D eigenvalue weighted by Crippen LogP contribution is -2.16. The Bertz CT molecular complexity index is 3140. The fourth-order valence-corrected chi connectivity index (χ4v) is 9.00. The molecule has 1 aliphatic rings. The van der Waals surface area contributed by atoms with Crippen molar-refractivity contribution in [1.29, 1.82) is 0 Å². The highest BCUT2D eigenvalue weighted by Gasteiger charge is 2.35. The average Bonchev–Trinajstić information content (AvgIpc) is 3.72. The van der Waals surface area contributed by atoms with Crippen LogP contribution in [-0.2, 0) is 5.41 Å². The van der Waals surface area contributed by atoms with E-state index in [0.717, 1.165) is 61.4 Å². The molecule has 0 spiro atoms. The standard InChI is InChI=1S/C53H38N4/c1-53(2)46-22-12-9-19-41(46)42-32-30-40(34-47(42)53)56(38-17-7-4-8-18-38)39-28-25-35(26-29-39)37-27-31-44-43-20-11-14-24-49(43)57(50(44)33-37)52-54-48-23-13-10-21-45(48)51(55-52)36-15-5-3-6-16-36/h3-34H,1-2H3. The van der Waals surface area contributed by atoms with E-state index in [1.54, 1.807) is 0 Å². The first-order valence-corrected chi connectivity index (χ1v) is 19.6. The van der Waals surface area contributed by atoms with Gasteiger partial charge in [-0.1, -0.05) is 153 Å². The highest BCUT2D eigenvalue weighted by atomic mass is 15.2. The summed E-state index contributed by atoms with van der Waals surface area (Å²) in [5, 5.41) is 3.37. The van der Waals surface area contributed by atoms with Gasteiger partial charge in [0, 0.05) is 44.2 Å². The molecule has 11 rings (SSSR count). The van der Waals surface area contributed by atoms with Gasteiger partial charge in [0.05, 0.1) is 22.2 Å². The summed E-state index contributed by atoms with van der Waals surface area (Å²) < 4.78 is 2.23. The summed E-state index contributed by atoms with van der Waals surface area (Å²) in [4.78, 5) is 12.8. The third-order valence-electron chi connectivity index (χ3n) is 11.8. The van der Waals surface area contributed by atoms with Crippen molar-refractivity contribution in [3.05, 3.63) is 205 Å². The molecule has 0 amide bonds. The molecule has 0 N–H and O–H groups in total. The third-order valence-corrected chi connectivity index (χ3v) is 11.8. The molecule has 0 unspecified atom stereocenters. The first kappa shape index (κ1) is 33.1. The van der Waals surface area contributed by atoms with Gasteiger partial charge in [0.1, 0.15) is 0 Å². The van der Waals surface area contributed by atoms with Crippen molar-refractivity contribution < 1.29 is 0 Å². The number of rotatable bonds is 6. The van der Waals surface area contributed by atoms with Gasteiger partial charge < -0.3 is 4.90 Å². The highest BCUT2D eigenvalue weighted by molar-refractivity contribution is 6.10. The average molecular weight is 731 g/mol. The van der Waals surface area contributed by atoms with E-state index in [0.29, 0.717) is 5.95 Å². The van der Waals surface area contributed by atoms with Crippen molar-refractivity contribution in [3.63, 3.8) is 0 Å². The van der Waals surface area contributed by atoms with Crippen LogP contribution >= 0.6 is 0 Å². The summed E-state index contributed by atoms with van der Waals surface area (Å²) in [6.07, 6.45) is 0. The van der Waals surface area contributed by atoms with E-state index >= 15 is 0 Å². The Hall–Kier alpha value is -7.30. The molecule has 1 aliphatic carbocycles. The Morgan fingerprint density at radius 2 is 1.04 bits per heavy atom. The van der Waals surface area contributed by atoms with Crippen LogP contribution in [0.3, 0.4) is 0 Å². The highest BCUT2D eigenvalue weighted by Crippen LogP contribution is 2.50. The molecule has 0 saturated carbocycles. The third kappa shape index (κ3) is 5.29. The maximum absolute atomic E-state index is 5.29. The number of fused-ring (bicyclic) bond motifs is 7. The van der Waals surface area contributed by atoms with Crippen LogP contribution < -0.4 is 4.90 Å². The zero-order valence-corrected chi connectivity index (χ0v) is 31.8. The van der Waals surface area contributed by atoms with Gasteiger partial charge >= 0.3 is 0 Å². The molecule has 4 heteroatoms. The monoisotopic (exact) mass is 730 g/mol. The second kappa shape index (κ2) is 12.9. The maximum Gasteiger partial charge on any atom is 0.235 e. The molecule has 270 valence electrons. The quantitative estimate of drug-likeness (QED) is 0.171. The normalized spacial score (nSPS) is 12.9. The van der Waals surface area contributed by atoms with Crippen LogP contribution in [0, 0.1) is 0 Å². The van der Waals surface area contributed by atoms with Gasteiger partial charge in [0.2, 0.25) is 5.95 Å². The van der Waals surface area contributed by atoms with Crippen LogP contribution in [0.4, 0.5) is 17.1 Å². The van der Waals surface area contributed by atoms with Crippen LogP contribution in [0.25, 0.3) is 72.2 Å². The second-order valence-electron chi connectivity index (χ2n) is 15.5.